The Balaban J connectivity index is 1.87. The van der Waals surface area contributed by atoms with Crippen LogP contribution in [0.1, 0.15) is 31.2 Å². The number of allylic oxidation sites excluding steroid dienone is 1. The molecule has 132 valence electrons. The third kappa shape index (κ3) is 4.82. The van der Waals surface area contributed by atoms with Crippen molar-refractivity contribution in [3.05, 3.63) is 40.5 Å². The zero-order chi connectivity index (χ0) is 17.8. The van der Waals surface area contributed by atoms with Crippen molar-refractivity contribution >= 4 is 50.7 Å². The first-order chi connectivity index (χ1) is 12.0. The second-order valence-corrected chi connectivity index (χ2v) is 8.88. The van der Waals surface area contributed by atoms with Gasteiger partial charge in [0.25, 0.3) is 5.91 Å². The van der Waals surface area contributed by atoms with Gasteiger partial charge in [0.1, 0.15) is 10.6 Å². The van der Waals surface area contributed by atoms with Crippen LogP contribution < -0.4 is 5.32 Å². The molecule has 1 aliphatic rings. The van der Waals surface area contributed by atoms with E-state index in [0.29, 0.717) is 31.5 Å². The molecule has 0 aliphatic heterocycles. The van der Waals surface area contributed by atoms with E-state index in [1.165, 1.54) is 30.4 Å². The van der Waals surface area contributed by atoms with Gasteiger partial charge in [-0.2, -0.15) is 0 Å². The maximum atomic E-state index is 12.8. The first-order valence-electron chi connectivity index (χ1n) is 7.97. The van der Waals surface area contributed by atoms with Crippen LogP contribution in [-0.2, 0) is 16.0 Å². The summed E-state index contributed by atoms with van der Waals surface area (Å²) in [4.78, 5) is 21.1. The number of pyridine rings is 1. The maximum absolute atomic E-state index is 12.8. The Bertz CT molecular complexity index is 768. The Morgan fingerprint density at radius 2 is 2.12 bits per heavy atom. The smallest absolute Gasteiger partial charge is 0.257 e. The van der Waals surface area contributed by atoms with Crippen LogP contribution in [-0.4, -0.2) is 26.7 Å². The molecule has 1 saturated carbocycles. The minimum atomic E-state index is -1.15. The monoisotopic (exact) mass is 395 g/mol. The lowest BCUT2D eigenvalue weighted by atomic mass is 9.99. The molecule has 0 radical (unpaired) electrons. The van der Waals surface area contributed by atoms with Crippen LogP contribution in [0.15, 0.2) is 35.6 Å². The van der Waals surface area contributed by atoms with E-state index < -0.39 is 11.2 Å². The Kier molecular flexibility index (Phi) is 6.11. The summed E-state index contributed by atoms with van der Waals surface area (Å²) in [7, 11) is 0. The van der Waals surface area contributed by atoms with E-state index in [1.54, 1.807) is 24.6 Å². The summed E-state index contributed by atoms with van der Waals surface area (Å²) in [6.07, 6.45) is 11.3. The number of hydrogen-bond donors (Lipinski definition) is 1. The van der Waals surface area contributed by atoms with E-state index in [2.05, 4.69) is 15.3 Å². The summed E-state index contributed by atoms with van der Waals surface area (Å²) in [5, 5.41) is 3.76. The summed E-state index contributed by atoms with van der Waals surface area (Å²) in [6.45, 7) is 0. The molecule has 1 aliphatic carbocycles. The van der Waals surface area contributed by atoms with Crippen molar-refractivity contribution in [3.8, 4) is 0 Å². The molecule has 0 aromatic carbocycles. The highest BCUT2D eigenvalue weighted by Gasteiger charge is 2.20. The summed E-state index contributed by atoms with van der Waals surface area (Å²) in [6, 6.07) is 3.49. The number of nitrogens with one attached hydrogen (secondary N) is 1. The van der Waals surface area contributed by atoms with Gasteiger partial charge in [-0.15, -0.1) is 0 Å². The van der Waals surface area contributed by atoms with Gasteiger partial charge in [-0.3, -0.25) is 10.1 Å². The van der Waals surface area contributed by atoms with Gasteiger partial charge >= 0.3 is 0 Å². The van der Waals surface area contributed by atoms with Gasteiger partial charge in [-0.1, -0.05) is 41.9 Å². The van der Waals surface area contributed by atoms with Crippen molar-refractivity contribution in [1.82, 2.24) is 9.97 Å². The molecule has 1 atom stereocenters. The number of hydrogen-bond acceptors (Lipinski definition) is 5. The van der Waals surface area contributed by atoms with Crippen molar-refractivity contribution in [1.29, 1.82) is 0 Å². The van der Waals surface area contributed by atoms with Gasteiger partial charge in [0.15, 0.2) is 5.13 Å². The van der Waals surface area contributed by atoms with Crippen LogP contribution in [0.3, 0.4) is 0 Å². The SMILES string of the molecule is C[S+]([O-])c1ccc(C(=CC2CCCC2)C(=O)Nc2ncc(Cl)s2)cn1. The highest BCUT2D eigenvalue weighted by molar-refractivity contribution is 7.90. The fraction of sp³-hybridized carbons (Fsp3) is 0.353. The summed E-state index contributed by atoms with van der Waals surface area (Å²) < 4.78 is 12.0. The van der Waals surface area contributed by atoms with Gasteiger partial charge in [0, 0.05) is 34.6 Å². The molecular formula is C17H18ClN3O2S2. The molecule has 1 unspecified atom stereocenters. The number of amides is 1. The zero-order valence-corrected chi connectivity index (χ0v) is 16.1. The Morgan fingerprint density at radius 3 is 2.68 bits per heavy atom. The number of halogens is 1. The number of aromatic nitrogens is 2. The molecule has 5 nitrogen and oxygen atoms in total. The first kappa shape index (κ1) is 18.4. The van der Waals surface area contributed by atoms with E-state index >= 15 is 0 Å². The molecule has 1 N–H and O–H groups in total. The number of nitrogens with zero attached hydrogens (tertiary/aromatic N) is 2. The van der Waals surface area contributed by atoms with Gasteiger partial charge in [0.2, 0.25) is 5.03 Å². The van der Waals surface area contributed by atoms with E-state index in [0.717, 1.165) is 12.8 Å². The van der Waals surface area contributed by atoms with Crippen molar-refractivity contribution in [2.75, 3.05) is 11.6 Å². The zero-order valence-electron chi connectivity index (χ0n) is 13.7. The van der Waals surface area contributed by atoms with Crippen LogP contribution in [0.25, 0.3) is 5.57 Å². The fourth-order valence-corrected chi connectivity index (χ4v) is 4.12. The highest BCUT2D eigenvalue weighted by atomic mass is 35.5. The molecule has 0 bridgehead atoms. The van der Waals surface area contributed by atoms with Gasteiger partial charge in [-0.05, 0) is 24.8 Å². The molecule has 2 heterocycles. The van der Waals surface area contributed by atoms with E-state index in [1.807, 2.05) is 6.08 Å². The summed E-state index contributed by atoms with van der Waals surface area (Å²) >= 11 is 5.95. The predicted molar refractivity (Wildman–Crippen MR) is 102 cm³/mol. The number of carbonyl (C=O) groups is 1. The molecule has 0 saturated heterocycles. The van der Waals surface area contributed by atoms with Gasteiger partial charge in [-0.25, -0.2) is 9.97 Å². The molecule has 2 aromatic rings. The Morgan fingerprint density at radius 1 is 1.36 bits per heavy atom. The lowest BCUT2D eigenvalue weighted by molar-refractivity contribution is -0.111. The number of anilines is 1. The van der Waals surface area contributed by atoms with Gasteiger partial charge in [0.05, 0.1) is 6.20 Å². The van der Waals surface area contributed by atoms with Crippen LogP contribution in [0.4, 0.5) is 5.13 Å². The fourth-order valence-electron chi connectivity index (χ4n) is 2.85. The molecule has 1 fully saturated rings. The van der Waals surface area contributed by atoms with Crippen LogP contribution in [0.5, 0.6) is 0 Å². The minimum Gasteiger partial charge on any atom is -0.610 e. The third-order valence-electron chi connectivity index (χ3n) is 4.09. The molecule has 8 heteroatoms. The minimum absolute atomic E-state index is 0.231. The Labute approximate surface area is 158 Å². The molecule has 25 heavy (non-hydrogen) atoms. The van der Waals surface area contributed by atoms with E-state index in [9.17, 15) is 9.35 Å². The predicted octanol–water partition coefficient (Wildman–Crippen LogP) is 4.14. The lowest BCUT2D eigenvalue weighted by Gasteiger charge is -2.11. The third-order valence-corrected chi connectivity index (χ3v) is 5.95. The van der Waals surface area contributed by atoms with Crippen molar-refractivity contribution in [2.24, 2.45) is 5.92 Å². The number of thiazole rings is 1. The lowest BCUT2D eigenvalue weighted by Crippen LogP contribution is -2.15. The largest absolute Gasteiger partial charge is 0.610 e. The van der Waals surface area contributed by atoms with E-state index in [-0.39, 0.29) is 5.91 Å². The maximum Gasteiger partial charge on any atom is 0.257 e. The average Bonchev–Trinajstić information content (AvgIpc) is 3.24. The summed E-state index contributed by atoms with van der Waals surface area (Å²) in [5.74, 6) is 0.158. The normalized spacial score (nSPS) is 16.8. The second-order valence-electron chi connectivity index (χ2n) is 5.89. The van der Waals surface area contributed by atoms with Crippen molar-refractivity contribution in [3.63, 3.8) is 0 Å². The Hall–Kier alpha value is -1.41. The van der Waals surface area contributed by atoms with Crippen molar-refractivity contribution in [2.45, 2.75) is 30.7 Å². The standard InChI is InChI=1S/C17H18ClN3O2S2/c1-25(23)15-7-6-12(9-19-15)13(8-11-4-2-3-5-11)16(22)21-17-20-10-14(18)24-17/h6-11H,2-5H2,1H3,(H,20,21,22). The van der Waals surface area contributed by atoms with Crippen LogP contribution >= 0.6 is 22.9 Å². The molecular weight excluding hydrogens is 378 g/mol. The quantitative estimate of drug-likeness (QED) is 0.609. The summed E-state index contributed by atoms with van der Waals surface area (Å²) in [5.41, 5.74) is 1.28. The highest BCUT2D eigenvalue weighted by Crippen LogP contribution is 2.30. The second kappa shape index (κ2) is 8.31. The number of carbonyl (C=O) groups excluding carboxylic acids is 1. The molecule has 0 spiro atoms. The molecule has 1 amide bonds. The van der Waals surface area contributed by atoms with Crippen LogP contribution in [0.2, 0.25) is 4.34 Å². The first-order valence-corrected chi connectivity index (χ1v) is 10.7. The van der Waals surface area contributed by atoms with Gasteiger partial charge < -0.3 is 4.55 Å². The van der Waals surface area contributed by atoms with E-state index in [4.69, 9.17) is 11.6 Å². The number of rotatable bonds is 5. The molecule has 3 rings (SSSR count). The van der Waals surface area contributed by atoms with Crippen molar-refractivity contribution < 1.29 is 9.35 Å². The molecule has 2 aromatic heterocycles. The average molecular weight is 396 g/mol. The topological polar surface area (TPSA) is 77.9 Å². The van der Waals surface area contributed by atoms with Crippen LogP contribution in [0, 0.1) is 5.92 Å².